The molecule has 0 aliphatic carbocycles. The highest BCUT2D eigenvalue weighted by Gasteiger charge is 2.22. The summed E-state index contributed by atoms with van der Waals surface area (Å²) in [5.41, 5.74) is 2.47. The number of aryl methyl sites for hydroxylation is 1. The summed E-state index contributed by atoms with van der Waals surface area (Å²) in [6, 6.07) is 13.6. The Bertz CT molecular complexity index is 1540. The van der Waals surface area contributed by atoms with Gasteiger partial charge in [-0.25, -0.2) is 8.42 Å². The van der Waals surface area contributed by atoms with Crippen LogP contribution in [0.25, 0.3) is 10.9 Å². The number of pyridine rings is 1. The van der Waals surface area contributed by atoms with E-state index in [0.29, 0.717) is 28.2 Å². The van der Waals surface area contributed by atoms with Crippen molar-refractivity contribution in [1.82, 2.24) is 15.2 Å². The highest BCUT2D eigenvalue weighted by molar-refractivity contribution is 7.90. The maximum absolute atomic E-state index is 12.6. The predicted octanol–water partition coefficient (Wildman–Crippen LogP) is 3.91. The molecule has 9 nitrogen and oxygen atoms in total. The Morgan fingerprint density at radius 1 is 1.11 bits per heavy atom. The van der Waals surface area contributed by atoms with Gasteiger partial charge >= 0.3 is 0 Å². The number of aromatic nitrogens is 3. The molecule has 188 valence electrons. The third kappa shape index (κ3) is 5.55. The van der Waals surface area contributed by atoms with Crippen molar-refractivity contribution in [3.8, 4) is 11.5 Å². The van der Waals surface area contributed by atoms with Crippen LogP contribution in [0.4, 0.5) is 5.82 Å². The Labute approximate surface area is 209 Å². The van der Waals surface area contributed by atoms with Gasteiger partial charge in [0.15, 0.2) is 15.7 Å². The van der Waals surface area contributed by atoms with Crippen molar-refractivity contribution in [2.24, 2.45) is 0 Å². The van der Waals surface area contributed by atoms with Crippen LogP contribution in [-0.2, 0) is 26.5 Å². The van der Waals surface area contributed by atoms with Gasteiger partial charge in [0.2, 0.25) is 5.91 Å². The predicted molar refractivity (Wildman–Crippen MR) is 137 cm³/mol. The topological polar surface area (TPSA) is 134 Å². The lowest BCUT2D eigenvalue weighted by Gasteiger charge is -2.18. The first-order valence-electron chi connectivity index (χ1n) is 11.3. The second-order valence-corrected chi connectivity index (χ2v) is 11.4. The van der Waals surface area contributed by atoms with E-state index in [9.17, 15) is 18.3 Å². The Hall–Kier alpha value is -3.76. The van der Waals surface area contributed by atoms with Gasteiger partial charge in [-0.2, -0.15) is 5.10 Å². The number of aliphatic hydroxyl groups is 1. The molecule has 3 N–H and O–H groups in total. The fourth-order valence-electron chi connectivity index (χ4n) is 3.66. The molecule has 36 heavy (non-hydrogen) atoms. The van der Waals surface area contributed by atoms with Crippen molar-refractivity contribution in [3.05, 3.63) is 71.5 Å². The van der Waals surface area contributed by atoms with E-state index in [1.165, 1.54) is 6.07 Å². The fourth-order valence-corrected chi connectivity index (χ4v) is 4.31. The standard InChI is InChI=1S/C26H28N4O5S/c1-16-11-17(12-25(32)28-24-14-23(29-30-24)26(2,3)15-31)5-8-21(16)35-22-9-10-27-20-7-6-18(13-19(20)22)36(4,33)34/h5-11,13-14,31H,12,15H2,1-4H3,(H2,28,29,30,32). The number of nitrogens with zero attached hydrogens (tertiary/aromatic N) is 2. The first-order chi connectivity index (χ1) is 17.0. The maximum atomic E-state index is 12.6. The van der Waals surface area contributed by atoms with Gasteiger partial charge in [0.05, 0.1) is 23.4 Å². The molecule has 2 heterocycles. The van der Waals surface area contributed by atoms with E-state index >= 15 is 0 Å². The molecular formula is C26H28N4O5S. The van der Waals surface area contributed by atoms with Gasteiger partial charge < -0.3 is 15.2 Å². The van der Waals surface area contributed by atoms with Crippen LogP contribution in [-0.4, -0.2) is 47.5 Å². The molecular weight excluding hydrogens is 480 g/mol. The lowest BCUT2D eigenvalue weighted by atomic mass is 9.91. The second kappa shape index (κ2) is 9.71. The number of nitrogens with one attached hydrogen (secondary N) is 2. The molecule has 0 aliphatic rings. The number of carbonyl (C=O) groups excluding carboxylic acids is 1. The molecule has 1 amide bonds. The number of fused-ring (bicyclic) bond motifs is 1. The van der Waals surface area contributed by atoms with Crippen molar-refractivity contribution in [1.29, 1.82) is 0 Å². The molecule has 0 saturated carbocycles. The summed E-state index contributed by atoms with van der Waals surface area (Å²) < 4.78 is 30.1. The first kappa shape index (κ1) is 25.3. The Morgan fingerprint density at radius 3 is 2.58 bits per heavy atom. The summed E-state index contributed by atoms with van der Waals surface area (Å²) in [5.74, 6) is 1.24. The summed E-state index contributed by atoms with van der Waals surface area (Å²) in [5, 5.41) is 19.8. The third-order valence-corrected chi connectivity index (χ3v) is 7.01. The van der Waals surface area contributed by atoms with E-state index < -0.39 is 15.3 Å². The van der Waals surface area contributed by atoms with Crippen molar-refractivity contribution in [3.63, 3.8) is 0 Å². The number of rotatable bonds is 8. The minimum Gasteiger partial charge on any atom is -0.456 e. The van der Waals surface area contributed by atoms with E-state index in [1.807, 2.05) is 26.8 Å². The SMILES string of the molecule is Cc1cc(CC(=O)Nc2cc(C(C)(C)CO)[nH]n2)ccc1Oc1ccnc2ccc(S(C)(=O)=O)cc12. The average Bonchev–Trinajstić information content (AvgIpc) is 3.29. The summed E-state index contributed by atoms with van der Waals surface area (Å²) in [6.45, 7) is 5.57. The van der Waals surface area contributed by atoms with Gasteiger partial charge in [0, 0.05) is 35.0 Å². The van der Waals surface area contributed by atoms with Crippen molar-refractivity contribution in [2.75, 3.05) is 18.2 Å². The number of H-pyrrole nitrogens is 1. The zero-order valence-electron chi connectivity index (χ0n) is 20.5. The normalized spacial score (nSPS) is 12.0. The Kier molecular flexibility index (Phi) is 6.83. The zero-order valence-corrected chi connectivity index (χ0v) is 21.3. The number of aromatic amines is 1. The smallest absolute Gasteiger partial charge is 0.229 e. The minimum atomic E-state index is -3.38. The van der Waals surface area contributed by atoms with Crippen LogP contribution in [0.3, 0.4) is 0 Å². The minimum absolute atomic E-state index is 0.0512. The number of aliphatic hydroxyl groups excluding tert-OH is 1. The number of anilines is 1. The van der Waals surface area contributed by atoms with Crippen molar-refractivity contribution in [2.45, 2.75) is 37.5 Å². The van der Waals surface area contributed by atoms with Gasteiger partial charge in [-0.3, -0.25) is 14.9 Å². The molecule has 2 aromatic heterocycles. The van der Waals surface area contributed by atoms with Crippen LogP contribution in [0, 0.1) is 6.92 Å². The molecule has 4 aromatic rings. The van der Waals surface area contributed by atoms with Gasteiger partial charge in [-0.05, 0) is 48.4 Å². The zero-order chi connectivity index (χ0) is 26.1. The number of hydrogen-bond donors (Lipinski definition) is 3. The second-order valence-electron chi connectivity index (χ2n) is 9.40. The average molecular weight is 509 g/mol. The molecule has 0 radical (unpaired) electrons. The number of amides is 1. The lowest BCUT2D eigenvalue weighted by molar-refractivity contribution is -0.115. The number of sulfone groups is 1. The van der Waals surface area contributed by atoms with Crippen molar-refractivity contribution >= 4 is 32.5 Å². The number of ether oxygens (including phenoxy) is 1. The molecule has 10 heteroatoms. The molecule has 0 unspecified atom stereocenters. The summed E-state index contributed by atoms with van der Waals surface area (Å²) in [4.78, 5) is 17.0. The van der Waals surface area contributed by atoms with Gasteiger partial charge in [0.25, 0.3) is 0 Å². The summed E-state index contributed by atoms with van der Waals surface area (Å²) in [6.07, 6.45) is 2.90. The highest BCUT2D eigenvalue weighted by Crippen LogP contribution is 2.32. The number of carbonyl (C=O) groups is 1. The fraction of sp³-hybridized carbons (Fsp3) is 0.269. The monoisotopic (exact) mass is 508 g/mol. The lowest BCUT2D eigenvalue weighted by Crippen LogP contribution is -2.22. The number of hydrogen-bond acceptors (Lipinski definition) is 7. The van der Waals surface area contributed by atoms with E-state index in [-0.39, 0.29) is 23.8 Å². The summed E-state index contributed by atoms with van der Waals surface area (Å²) in [7, 11) is -3.38. The maximum Gasteiger partial charge on any atom is 0.229 e. The highest BCUT2D eigenvalue weighted by atomic mass is 32.2. The Balaban J connectivity index is 1.49. The van der Waals surface area contributed by atoms with Crippen LogP contribution >= 0.6 is 0 Å². The van der Waals surface area contributed by atoms with E-state index in [1.54, 1.807) is 42.6 Å². The van der Waals surface area contributed by atoms with Crippen LogP contribution in [0.5, 0.6) is 11.5 Å². The van der Waals surface area contributed by atoms with Gasteiger partial charge in [-0.15, -0.1) is 0 Å². The van der Waals surface area contributed by atoms with E-state index in [0.717, 1.165) is 23.1 Å². The quantitative estimate of drug-likeness (QED) is 0.328. The molecule has 0 atom stereocenters. The molecule has 0 fully saturated rings. The molecule has 0 bridgehead atoms. The molecule has 0 spiro atoms. The van der Waals surface area contributed by atoms with E-state index in [2.05, 4.69) is 20.5 Å². The number of benzene rings is 2. The molecule has 2 aromatic carbocycles. The van der Waals surface area contributed by atoms with Crippen LogP contribution in [0.15, 0.2) is 59.6 Å². The van der Waals surface area contributed by atoms with Gasteiger partial charge in [-0.1, -0.05) is 26.0 Å². The van der Waals surface area contributed by atoms with Crippen LogP contribution in [0.2, 0.25) is 0 Å². The molecule has 0 aliphatic heterocycles. The van der Waals surface area contributed by atoms with Gasteiger partial charge in [0.1, 0.15) is 11.5 Å². The first-order valence-corrected chi connectivity index (χ1v) is 13.2. The summed E-state index contributed by atoms with van der Waals surface area (Å²) >= 11 is 0. The Morgan fingerprint density at radius 2 is 1.89 bits per heavy atom. The molecule has 0 saturated heterocycles. The molecule has 4 rings (SSSR count). The van der Waals surface area contributed by atoms with Crippen LogP contribution in [0.1, 0.15) is 30.7 Å². The van der Waals surface area contributed by atoms with Crippen LogP contribution < -0.4 is 10.1 Å². The largest absolute Gasteiger partial charge is 0.456 e. The van der Waals surface area contributed by atoms with Crippen molar-refractivity contribution < 1.29 is 23.1 Å². The van der Waals surface area contributed by atoms with E-state index in [4.69, 9.17) is 4.74 Å². The third-order valence-electron chi connectivity index (χ3n) is 5.89.